The molecule has 1 saturated heterocycles. The van der Waals surface area contributed by atoms with Crippen LogP contribution in [0.4, 0.5) is 11.4 Å². The fraction of sp³-hybridized carbons (Fsp3) is 0.211. The Morgan fingerprint density at radius 3 is 2.41 bits per heavy atom. The van der Waals surface area contributed by atoms with Gasteiger partial charge in [0.05, 0.1) is 37.4 Å². The van der Waals surface area contributed by atoms with Gasteiger partial charge in [0.15, 0.2) is 6.61 Å². The van der Waals surface area contributed by atoms with Gasteiger partial charge in [-0.05, 0) is 24.3 Å². The van der Waals surface area contributed by atoms with Crippen molar-refractivity contribution in [3.63, 3.8) is 0 Å². The molecule has 0 unspecified atom stereocenters. The molecule has 0 spiro atoms. The van der Waals surface area contributed by atoms with Crippen molar-refractivity contribution in [1.82, 2.24) is 0 Å². The number of carbonyl (C=O) groups excluding carboxylic acids is 3. The van der Waals surface area contributed by atoms with E-state index < -0.39 is 24.4 Å². The second kappa shape index (κ2) is 9.22. The van der Waals surface area contributed by atoms with Gasteiger partial charge in [0.2, 0.25) is 5.91 Å². The van der Waals surface area contributed by atoms with Gasteiger partial charge in [0.1, 0.15) is 0 Å². The summed E-state index contributed by atoms with van der Waals surface area (Å²) in [7, 11) is 0. The molecule has 0 saturated carbocycles. The lowest BCUT2D eigenvalue weighted by molar-refractivity contribution is -0.151. The average Bonchev–Trinajstić information content (AvgIpc) is 3.07. The van der Waals surface area contributed by atoms with Crippen molar-refractivity contribution in [2.45, 2.75) is 6.42 Å². The second-order valence-electron chi connectivity index (χ2n) is 6.24. The molecule has 2 aromatic carbocycles. The van der Waals surface area contributed by atoms with Crippen molar-refractivity contribution < 1.29 is 19.1 Å². The Bertz CT molecular complexity index is 983. The Labute approximate surface area is 186 Å². The molecule has 2 amide bonds. The Balaban J connectivity index is 1.57. The molecule has 29 heavy (non-hydrogen) atoms. The van der Waals surface area contributed by atoms with Crippen LogP contribution in [0.25, 0.3) is 0 Å². The van der Waals surface area contributed by atoms with Crippen LogP contribution in [0, 0.1) is 5.92 Å². The average molecular weight is 476 g/mol. The minimum Gasteiger partial charge on any atom is -0.455 e. The number of halogens is 4. The third-order valence-corrected chi connectivity index (χ3v) is 5.88. The zero-order valence-corrected chi connectivity index (χ0v) is 17.8. The lowest BCUT2D eigenvalue weighted by Gasteiger charge is -2.18. The fourth-order valence-corrected chi connectivity index (χ4v) is 3.59. The number of ether oxygens (including phenoxy) is 1. The van der Waals surface area contributed by atoms with E-state index in [1.165, 1.54) is 4.90 Å². The molecule has 6 nitrogen and oxygen atoms in total. The summed E-state index contributed by atoms with van der Waals surface area (Å²) in [5.41, 5.74) is 0.728. The number of anilines is 2. The van der Waals surface area contributed by atoms with Gasteiger partial charge >= 0.3 is 5.97 Å². The lowest BCUT2D eigenvalue weighted by atomic mass is 10.1. The highest BCUT2D eigenvalue weighted by atomic mass is 35.5. The van der Waals surface area contributed by atoms with E-state index in [2.05, 4.69) is 5.32 Å². The summed E-state index contributed by atoms with van der Waals surface area (Å²) in [6.07, 6.45) is -0.0522. The van der Waals surface area contributed by atoms with Gasteiger partial charge in [0, 0.05) is 13.0 Å². The van der Waals surface area contributed by atoms with Crippen LogP contribution in [0.2, 0.25) is 20.1 Å². The smallest absolute Gasteiger partial charge is 0.311 e. The van der Waals surface area contributed by atoms with Crippen LogP contribution in [0.3, 0.4) is 0 Å². The first-order valence-electron chi connectivity index (χ1n) is 8.42. The number of amides is 2. The first kappa shape index (κ1) is 21.7. The maximum absolute atomic E-state index is 12.3. The van der Waals surface area contributed by atoms with Crippen LogP contribution in [0.15, 0.2) is 36.4 Å². The normalized spacial score (nSPS) is 16.1. The Hall–Kier alpha value is -1.99. The number of nitrogens with one attached hydrogen (secondary N) is 1. The molecule has 0 bridgehead atoms. The van der Waals surface area contributed by atoms with Crippen LogP contribution in [0.5, 0.6) is 0 Å². The summed E-state index contributed by atoms with van der Waals surface area (Å²) in [6.45, 7) is -0.441. The van der Waals surface area contributed by atoms with Crippen LogP contribution >= 0.6 is 46.4 Å². The molecule has 0 radical (unpaired) electrons. The van der Waals surface area contributed by atoms with E-state index in [9.17, 15) is 14.4 Å². The molecule has 3 rings (SSSR count). The van der Waals surface area contributed by atoms with Crippen LogP contribution in [0.1, 0.15) is 6.42 Å². The summed E-state index contributed by atoms with van der Waals surface area (Å²) in [5.74, 6) is -2.25. The summed E-state index contributed by atoms with van der Waals surface area (Å²) in [4.78, 5) is 38.0. The monoisotopic (exact) mass is 474 g/mol. The largest absolute Gasteiger partial charge is 0.455 e. The molecule has 1 aliphatic heterocycles. The van der Waals surface area contributed by atoms with Crippen molar-refractivity contribution >= 4 is 75.6 Å². The maximum Gasteiger partial charge on any atom is 0.311 e. The third kappa shape index (κ3) is 4.95. The number of rotatable bonds is 5. The summed E-state index contributed by atoms with van der Waals surface area (Å²) < 4.78 is 5.05. The van der Waals surface area contributed by atoms with Gasteiger partial charge < -0.3 is 15.0 Å². The number of hydrogen-bond donors (Lipinski definition) is 1. The molecule has 1 aliphatic rings. The standard InChI is InChI=1S/C19H14Cl4N2O4/c20-11-3-1-5-13(17(11)22)24-15(26)9-29-19(28)10-7-16(27)25(8-10)14-6-2-4-12(21)18(14)23/h1-6,10H,7-9H2,(H,24,26)/t10-/m1/s1. The topological polar surface area (TPSA) is 75.7 Å². The molecular formula is C19H14Cl4N2O4. The van der Waals surface area contributed by atoms with Crippen LogP contribution in [-0.2, 0) is 19.1 Å². The molecule has 1 N–H and O–H groups in total. The van der Waals surface area contributed by atoms with E-state index in [0.717, 1.165) is 0 Å². The van der Waals surface area contributed by atoms with E-state index in [0.29, 0.717) is 16.4 Å². The van der Waals surface area contributed by atoms with Crippen molar-refractivity contribution in [3.8, 4) is 0 Å². The summed E-state index contributed by atoms with van der Waals surface area (Å²) in [5, 5.41) is 3.52. The van der Waals surface area contributed by atoms with Crippen molar-refractivity contribution in [1.29, 1.82) is 0 Å². The molecule has 152 valence electrons. The maximum atomic E-state index is 12.3. The zero-order chi connectivity index (χ0) is 21.1. The third-order valence-electron chi connectivity index (χ3n) is 4.25. The van der Waals surface area contributed by atoms with Crippen molar-refractivity contribution in [3.05, 3.63) is 56.5 Å². The number of carbonyl (C=O) groups is 3. The number of hydrogen-bond acceptors (Lipinski definition) is 4. The van der Waals surface area contributed by atoms with Gasteiger partial charge in [-0.2, -0.15) is 0 Å². The van der Waals surface area contributed by atoms with E-state index in [1.807, 2.05) is 0 Å². The molecule has 10 heteroatoms. The van der Waals surface area contributed by atoms with Crippen molar-refractivity contribution in [2.75, 3.05) is 23.4 Å². The minimum atomic E-state index is -0.722. The highest BCUT2D eigenvalue weighted by Gasteiger charge is 2.37. The lowest BCUT2D eigenvalue weighted by Crippen LogP contribution is -2.28. The predicted octanol–water partition coefficient (Wildman–Crippen LogP) is 4.84. The molecule has 1 heterocycles. The van der Waals surface area contributed by atoms with Gasteiger partial charge in [-0.3, -0.25) is 14.4 Å². The number of nitrogens with zero attached hydrogens (tertiary/aromatic N) is 1. The van der Waals surface area contributed by atoms with Crippen molar-refractivity contribution in [2.24, 2.45) is 5.92 Å². The fourth-order valence-electron chi connectivity index (χ4n) is 2.84. The number of benzene rings is 2. The highest BCUT2D eigenvalue weighted by molar-refractivity contribution is 6.44. The number of esters is 1. The zero-order valence-electron chi connectivity index (χ0n) is 14.8. The second-order valence-corrected chi connectivity index (χ2v) is 7.81. The van der Waals surface area contributed by atoms with Gasteiger partial charge in [0.25, 0.3) is 5.91 Å². The Kier molecular flexibility index (Phi) is 6.90. The summed E-state index contributed by atoms with van der Waals surface area (Å²) in [6, 6.07) is 9.67. The molecule has 2 aromatic rings. The molecule has 0 aromatic heterocycles. The van der Waals surface area contributed by atoms with E-state index in [4.69, 9.17) is 51.1 Å². The van der Waals surface area contributed by atoms with E-state index in [-0.39, 0.29) is 33.9 Å². The first-order valence-corrected chi connectivity index (χ1v) is 9.94. The SMILES string of the molecule is O=C(COC(=O)[C@@H]1CC(=O)N(c2cccc(Cl)c2Cl)C1)Nc1cccc(Cl)c1Cl. The Morgan fingerprint density at radius 1 is 1.03 bits per heavy atom. The van der Waals surface area contributed by atoms with Gasteiger partial charge in [-0.25, -0.2) is 0 Å². The van der Waals surface area contributed by atoms with Crippen LogP contribution in [-0.4, -0.2) is 30.9 Å². The molecular weight excluding hydrogens is 462 g/mol. The van der Waals surface area contributed by atoms with E-state index in [1.54, 1.807) is 36.4 Å². The Morgan fingerprint density at radius 2 is 1.69 bits per heavy atom. The summed E-state index contributed by atoms with van der Waals surface area (Å²) >= 11 is 24.0. The van der Waals surface area contributed by atoms with Gasteiger partial charge in [-0.1, -0.05) is 58.5 Å². The first-order chi connectivity index (χ1) is 13.8. The van der Waals surface area contributed by atoms with E-state index >= 15 is 0 Å². The molecule has 0 aliphatic carbocycles. The minimum absolute atomic E-state index is 0.0522. The van der Waals surface area contributed by atoms with Gasteiger partial charge in [-0.15, -0.1) is 0 Å². The highest BCUT2D eigenvalue weighted by Crippen LogP contribution is 2.36. The van der Waals surface area contributed by atoms with Crippen LogP contribution < -0.4 is 10.2 Å². The molecule has 1 atom stereocenters. The quantitative estimate of drug-likeness (QED) is 0.628. The predicted molar refractivity (Wildman–Crippen MR) is 113 cm³/mol. The molecule has 1 fully saturated rings.